The van der Waals surface area contributed by atoms with Crippen LogP contribution < -0.4 is 0 Å². The Bertz CT molecular complexity index is 391. The van der Waals surface area contributed by atoms with Crippen molar-refractivity contribution in [2.45, 2.75) is 32.9 Å². The van der Waals surface area contributed by atoms with Crippen molar-refractivity contribution < 1.29 is 4.74 Å². The maximum absolute atomic E-state index is 5.56. The SMILES string of the molecule is CCc1nn(C)c(CN2CCOC(C)C2)c1Br. The van der Waals surface area contributed by atoms with Gasteiger partial charge in [-0.3, -0.25) is 9.58 Å². The molecule has 5 heteroatoms. The molecular formula is C12H20BrN3O. The Morgan fingerprint density at radius 3 is 2.88 bits per heavy atom. The Labute approximate surface area is 111 Å². The van der Waals surface area contributed by atoms with E-state index in [0.717, 1.165) is 38.4 Å². The molecule has 17 heavy (non-hydrogen) atoms. The molecule has 1 saturated heterocycles. The van der Waals surface area contributed by atoms with Gasteiger partial charge in [-0.2, -0.15) is 5.10 Å². The molecule has 1 aromatic rings. The molecule has 0 amide bonds. The number of hydrogen-bond acceptors (Lipinski definition) is 3. The molecule has 96 valence electrons. The summed E-state index contributed by atoms with van der Waals surface area (Å²) in [4.78, 5) is 2.43. The van der Waals surface area contributed by atoms with Crippen LogP contribution in [0.4, 0.5) is 0 Å². The van der Waals surface area contributed by atoms with Gasteiger partial charge in [0.1, 0.15) is 0 Å². The molecule has 1 atom stereocenters. The van der Waals surface area contributed by atoms with Gasteiger partial charge in [-0.25, -0.2) is 0 Å². The first kappa shape index (κ1) is 13.1. The average Bonchev–Trinajstić information content (AvgIpc) is 2.56. The second-order valence-electron chi connectivity index (χ2n) is 4.60. The zero-order valence-electron chi connectivity index (χ0n) is 10.7. The number of aromatic nitrogens is 2. The summed E-state index contributed by atoms with van der Waals surface area (Å²) >= 11 is 3.66. The molecule has 1 aromatic heterocycles. The van der Waals surface area contributed by atoms with E-state index in [1.54, 1.807) is 0 Å². The van der Waals surface area contributed by atoms with E-state index in [-0.39, 0.29) is 0 Å². The van der Waals surface area contributed by atoms with Crippen molar-refractivity contribution in [3.05, 3.63) is 15.9 Å². The number of morpholine rings is 1. The third-order valence-corrected chi connectivity index (χ3v) is 4.12. The highest BCUT2D eigenvalue weighted by molar-refractivity contribution is 9.10. The fraction of sp³-hybridized carbons (Fsp3) is 0.750. The fourth-order valence-corrected chi connectivity index (χ4v) is 2.98. The van der Waals surface area contributed by atoms with Crippen molar-refractivity contribution in [1.29, 1.82) is 0 Å². The predicted octanol–water partition coefficient (Wildman–Crippen LogP) is 1.97. The summed E-state index contributed by atoms with van der Waals surface area (Å²) in [6.45, 7) is 8.03. The van der Waals surface area contributed by atoms with Crippen LogP contribution in [0, 0.1) is 0 Å². The molecule has 0 radical (unpaired) electrons. The van der Waals surface area contributed by atoms with Gasteiger partial charge in [-0.1, -0.05) is 6.92 Å². The Balaban J connectivity index is 2.10. The topological polar surface area (TPSA) is 30.3 Å². The molecule has 0 N–H and O–H groups in total. The molecule has 1 aliphatic rings. The highest BCUT2D eigenvalue weighted by Crippen LogP contribution is 2.23. The van der Waals surface area contributed by atoms with Crippen LogP contribution in [0.3, 0.4) is 0 Å². The van der Waals surface area contributed by atoms with E-state index in [2.05, 4.69) is 39.8 Å². The van der Waals surface area contributed by atoms with Crippen LogP contribution >= 0.6 is 15.9 Å². The van der Waals surface area contributed by atoms with Gasteiger partial charge in [0.2, 0.25) is 0 Å². The number of aryl methyl sites for hydroxylation is 2. The molecule has 1 aliphatic heterocycles. The van der Waals surface area contributed by atoms with Gasteiger partial charge in [-0.05, 0) is 29.3 Å². The first-order valence-electron chi connectivity index (χ1n) is 6.16. The smallest absolute Gasteiger partial charge is 0.0767 e. The van der Waals surface area contributed by atoms with Crippen molar-refractivity contribution in [3.8, 4) is 0 Å². The maximum Gasteiger partial charge on any atom is 0.0767 e. The number of hydrogen-bond donors (Lipinski definition) is 0. The molecule has 0 saturated carbocycles. The molecule has 0 aromatic carbocycles. The Hall–Kier alpha value is -0.390. The lowest BCUT2D eigenvalue weighted by atomic mass is 10.2. The minimum absolute atomic E-state index is 0.335. The second kappa shape index (κ2) is 5.50. The van der Waals surface area contributed by atoms with Crippen LogP contribution in [0.2, 0.25) is 0 Å². The molecule has 0 spiro atoms. The van der Waals surface area contributed by atoms with E-state index in [1.807, 2.05) is 11.7 Å². The van der Waals surface area contributed by atoms with Crippen LogP contribution in [0.25, 0.3) is 0 Å². The lowest BCUT2D eigenvalue weighted by Crippen LogP contribution is -2.40. The normalized spacial score (nSPS) is 22.0. The minimum atomic E-state index is 0.335. The second-order valence-corrected chi connectivity index (χ2v) is 5.39. The molecule has 2 heterocycles. The summed E-state index contributed by atoms with van der Waals surface area (Å²) in [5.41, 5.74) is 2.40. The van der Waals surface area contributed by atoms with E-state index >= 15 is 0 Å². The van der Waals surface area contributed by atoms with E-state index in [1.165, 1.54) is 10.2 Å². The van der Waals surface area contributed by atoms with Crippen LogP contribution in [-0.2, 0) is 24.8 Å². The van der Waals surface area contributed by atoms with E-state index < -0.39 is 0 Å². The molecule has 2 rings (SSSR count). The van der Waals surface area contributed by atoms with Gasteiger partial charge in [0.15, 0.2) is 0 Å². The number of ether oxygens (including phenoxy) is 1. The van der Waals surface area contributed by atoms with Gasteiger partial charge in [0, 0.05) is 26.7 Å². The Morgan fingerprint density at radius 2 is 2.29 bits per heavy atom. The zero-order chi connectivity index (χ0) is 12.4. The summed E-state index contributed by atoms with van der Waals surface area (Å²) in [7, 11) is 2.02. The lowest BCUT2D eigenvalue weighted by Gasteiger charge is -2.31. The monoisotopic (exact) mass is 301 g/mol. The van der Waals surface area contributed by atoms with Crippen molar-refractivity contribution in [2.24, 2.45) is 7.05 Å². The van der Waals surface area contributed by atoms with Crippen molar-refractivity contribution in [2.75, 3.05) is 19.7 Å². The van der Waals surface area contributed by atoms with E-state index in [4.69, 9.17) is 4.74 Å². The first-order chi connectivity index (χ1) is 8.11. The predicted molar refractivity (Wildman–Crippen MR) is 71.0 cm³/mol. The van der Waals surface area contributed by atoms with Crippen LogP contribution in [0.15, 0.2) is 4.47 Å². The zero-order valence-corrected chi connectivity index (χ0v) is 12.3. The largest absolute Gasteiger partial charge is 0.376 e. The van der Waals surface area contributed by atoms with Gasteiger partial charge >= 0.3 is 0 Å². The van der Waals surface area contributed by atoms with Crippen LogP contribution in [-0.4, -0.2) is 40.5 Å². The quantitative estimate of drug-likeness (QED) is 0.855. The van der Waals surface area contributed by atoms with Crippen molar-refractivity contribution in [3.63, 3.8) is 0 Å². The molecule has 4 nitrogen and oxygen atoms in total. The van der Waals surface area contributed by atoms with Crippen molar-refractivity contribution in [1.82, 2.24) is 14.7 Å². The highest BCUT2D eigenvalue weighted by atomic mass is 79.9. The average molecular weight is 302 g/mol. The number of rotatable bonds is 3. The summed E-state index contributed by atoms with van der Waals surface area (Å²) in [5.74, 6) is 0. The molecule has 0 bridgehead atoms. The molecule has 0 aliphatic carbocycles. The van der Waals surface area contributed by atoms with Gasteiger partial charge in [0.25, 0.3) is 0 Å². The third-order valence-electron chi connectivity index (χ3n) is 3.20. The summed E-state index contributed by atoms with van der Waals surface area (Å²) in [5, 5.41) is 4.53. The van der Waals surface area contributed by atoms with Gasteiger partial charge in [0.05, 0.1) is 28.6 Å². The van der Waals surface area contributed by atoms with Crippen LogP contribution in [0.5, 0.6) is 0 Å². The summed E-state index contributed by atoms with van der Waals surface area (Å²) in [6.07, 6.45) is 1.30. The molecule has 1 unspecified atom stereocenters. The van der Waals surface area contributed by atoms with Crippen molar-refractivity contribution >= 4 is 15.9 Å². The molecule has 1 fully saturated rings. The summed E-state index contributed by atoms with van der Waals surface area (Å²) < 4.78 is 8.71. The number of nitrogens with zero attached hydrogens (tertiary/aromatic N) is 3. The molecular weight excluding hydrogens is 282 g/mol. The highest BCUT2D eigenvalue weighted by Gasteiger charge is 2.20. The number of halogens is 1. The maximum atomic E-state index is 5.56. The fourth-order valence-electron chi connectivity index (χ4n) is 2.24. The van der Waals surface area contributed by atoms with Crippen LogP contribution in [0.1, 0.15) is 25.2 Å². The standard InChI is InChI=1S/C12H20BrN3O/c1-4-10-12(13)11(15(3)14-10)8-16-5-6-17-9(2)7-16/h9H,4-8H2,1-3H3. The summed E-state index contributed by atoms with van der Waals surface area (Å²) in [6, 6.07) is 0. The van der Waals surface area contributed by atoms with Gasteiger partial charge in [-0.15, -0.1) is 0 Å². The van der Waals surface area contributed by atoms with E-state index in [9.17, 15) is 0 Å². The Kier molecular flexibility index (Phi) is 4.22. The third kappa shape index (κ3) is 2.89. The minimum Gasteiger partial charge on any atom is -0.376 e. The first-order valence-corrected chi connectivity index (χ1v) is 6.95. The lowest BCUT2D eigenvalue weighted by molar-refractivity contribution is -0.0219. The van der Waals surface area contributed by atoms with Gasteiger partial charge < -0.3 is 4.74 Å². The van der Waals surface area contributed by atoms with E-state index in [0.29, 0.717) is 6.10 Å². The Morgan fingerprint density at radius 1 is 1.53 bits per heavy atom.